The fourth-order valence-corrected chi connectivity index (χ4v) is 2.79. The van der Waals surface area contributed by atoms with Crippen LogP contribution in [0.25, 0.3) is 0 Å². The van der Waals surface area contributed by atoms with E-state index in [4.69, 9.17) is 0 Å². The van der Waals surface area contributed by atoms with Gasteiger partial charge in [-0.2, -0.15) is 0 Å². The van der Waals surface area contributed by atoms with Crippen molar-refractivity contribution in [1.29, 1.82) is 0 Å². The van der Waals surface area contributed by atoms with Crippen LogP contribution >= 0.6 is 7.60 Å². The van der Waals surface area contributed by atoms with Crippen LogP contribution in [0.5, 0.6) is 0 Å². The lowest BCUT2D eigenvalue weighted by atomic mass is 9.81. The summed E-state index contributed by atoms with van der Waals surface area (Å²) in [6.07, 6.45) is 0. The van der Waals surface area contributed by atoms with Gasteiger partial charge in [0, 0.05) is 0 Å². The Labute approximate surface area is 109 Å². The molecule has 0 aliphatic carbocycles. The monoisotopic (exact) mass is 268 g/mol. The van der Waals surface area contributed by atoms with Gasteiger partial charge in [-0.1, -0.05) is 59.7 Å². The Bertz CT molecular complexity index is 487. The average Bonchev–Trinajstić information content (AvgIpc) is 2.12. The van der Waals surface area contributed by atoms with E-state index in [0.717, 1.165) is 5.56 Å². The highest BCUT2D eigenvalue weighted by Gasteiger charge is 2.23. The molecule has 0 atom stereocenters. The van der Waals surface area contributed by atoms with E-state index in [2.05, 4.69) is 20.8 Å². The maximum absolute atomic E-state index is 11.3. The second-order valence-corrected chi connectivity index (χ2v) is 8.21. The van der Waals surface area contributed by atoms with Gasteiger partial charge in [-0.25, -0.2) is 0 Å². The lowest BCUT2D eigenvalue weighted by Crippen LogP contribution is -2.32. The molecule has 3 nitrogen and oxygen atoms in total. The number of hydrogen-bond donors (Lipinski definition) is 0. The van der Waals surface area contributed by atoms with Crippen molar-refractivity contribution in [3.05, 3.63) is 29.3 Å². The Balaban J connectivity index is 3.55. The van der Waals surface area contributed by atoms with E-state index in [1.54, 1.807) is 6.07 Å². The van der Waals surface area contributed by atoms with Gasteiger partial charge in [0.2, 0.25) is 0 Å². The quantitative estimate of drug-likeness (QED) is 0.730. The van der Waals surface area contributed by atoms with Crippen molar-refractivity contribution in [2.24, 2.45) is 0 Å². The van der Waals surface area contributed by atoms with Crippen LogP contribution < -0.4 is 15.1 Å². The van der Waals surface area contributed by atoms with Crippen molar-refractivity contribution in [3.8, 4) is 0 Å². The van der Waals surface area contributed by atoms with E-state index in [1.165, 1.54) is 6.07 Å². The molecule has 0 spiro atoms. The summed E-state index contributed by atoms with van der Waals surface area (Å²) in [6.45, 7) is 11.9. The molecule has 0 fully saturated rings. The fourth-order valence-electron chi connectivity index (χ4n) is 1.84. The molecule has 1 aromatic carbocycles. The second kappa shape index (κ2) is 4.48. The molecule has 0 N–H and O–H groups in total. The smallest absolute Gasteiger partial charge is 0.0119 e. The molecule has 0 aromatic heterocycles. The van der Waals surface area contributed by atoms with Crippen molar-refractivity contribution in [3.63, 3.8) is 0 Å². The molecular formula is C14H21O3P-2. The first-order valence-electron chi connectivity index (χ1n) is 6.01. The van der Waals surface area contributed by atoms with Crippen LogP contribution in [0.15, 0.2) is 18.2 Å². The normalized spacial score (nSPS) is 13.8. The van der Waals surface area contributed by atoms with Crippen LogP contribution in [0.1, 0.15) is 52.7 Å². The molecule has 0 radical (unpaired) electrons. The minimum absolute atomic E-state index is 0.0751. The van der Waals surface area contributed by atoms with Gasteiger partial charge < -0.3 is 14.4 Å². The lowest BCUT2D eigenvalue weighted by Gasteiger charge is -2.36. The summed E-state index contributed by atoms with van der Waals surface area (Å²) in [5.74, 6) is 0. The van der Waals surface area contributed by atoms with Gasteiger partial charge in [-0.05, 0) is 34.9 Å². The Kier molecular flexibility index (Phi) is 3.84. The third-order valence-electron chi connectivity index (χ3n) is 2.97. The third kappa shape index (κ3) is 3.44. The van der Waals surface area contributed by atoms with Gasteiger partial charge >= 0.3 is 0 Å². The standard InChI is InChI=1S/C14H23O3P/c1-13(2,3)10-7-8-12(18(15,16)17)11(9-10)14(4,5)6/h7-9H,1-6H3,(H2,15,16,17)/p-2. The zero-order chi connectivity index (χ0) is 14.4. The van der Waals surface area contributed by atoms with Gasteiger partial charge in [0.25, 0.3) is 0 Å². The molecule has 102 valence electrons. The van der Waals surface area contributed by atoms with Gasteiger partial charge in [-0.3, -0.25) is 0 Å². The van der Waals surface area contributed by atoms with Crippen molar-refractivity contribution in [2.75, 3.05) is 0 Å². The lowest BCUT2D eigenvalue weighted by molar-refractivity contribution is -0.308. The molecule has 18 heavy (non-hydrogen) atoms. The van der Waals surface area contributed by atoms with E-state index in [9.17, 15) is 14.4 Å². The van der Waals surface area contributed by atoms with Crippen LogP contribution in [0, 0.1) is 0 Å². The molecule has 1 rings (SSSR count). The Morgan fingerprint density at radius 1 is 0.944 bits per heavy atom. The SMILES string of the molecule is CC(C)(C)c1ccc(P(=O)([O-])[O-])c(C(C)(C)C)c1. The van der Waals surface area contributed by atoms with Gasteiger partial charge in [0.15, 0.2) is 0 Å². The molecule has 0 bridgehead atoms. The van der Waals surface area contributed by atoms with E-state index in [0.29, 0.717) is 5.56 Å². The van der Waals surface area contributed by atoms with Gasteiger partial charge in [-0.15, -0.1) is 0 Å². The highest BCUT2D eigenvalue weighted by Crippen LogP contribution is 2.34. The molecule has 1 aromatic rings. The predicted octanol–water partition coefficient (Wildman–Crippen LogP) is 1.82. The van der Waals surface area contributed by atoms with E-state index >= 15 is 0 Å². The fraction of sp³-hybridized carbons (Fsp3) is 0.571. The molecule has 0 aliphatic heterocycles. The van der Waals surface area contributed by atoms with E-state index in [-0.39, 0.29) is 16.1 Å². The minimum atomic E-state index is -4.72. The summed E-state index contributed by atoms with van der Waals surface area (Å²) >= 11 is 0. The van der Waals surface area contributed by atoms with Crippen molar-refractivity contribution >= 4 is 12.9 Å². The van der Waals surface area contributed by atoms with Crippen LogP contribution in [0.2, 0.25) is 0 Å². The zero-order valence-electron chi connectivity index (χ0n) is 11.9. The zero-order valence-corrected chi connectivity index (χ0v) is 12.8. The van der Waals surface area contributed by atoms with Gasteiger partial charge in [0.1, 0.15) is 0 Å². The predicted molar refractivity (Wildman–Crippen MR) is 71.1 cm³/mol. The molecule has 0 amide bonds. The molecule has 0 saturated carbocycles. The summed E-state index contributed by atoms with van der Waals surface area (Å²) in [4.78, 5) is 22.7. The maximum Gasteiger partial charge on any atom is -0.0119 e. The van der Waals surface area contributed by atoms with Crippen LogP contribution in [-0.2, 0) is 15.4 Å². The Hall–Kier alpha value is -0.630. The summed E-state index contributed by atoms with van der Waals surface area (Å²) in [5, 5.41) is -0.0806. The molecule has 0 heterocycles. The first-order chi connectivity index (χ1) is 7.83. The molecule has 4 heteroatoms. The number of rotatable bonds is 1. The molecule has 0 unspecified atom stereocenters. The summed E-state index contributed by atoms with van der Waals surface area (Å²) in [6, 6.07) is 5.02. The Morgan fingerprint density at radius 2 is 1.44 bits per heavy atom. The van der Waals surface area contributed by atoms with Crippen molar-refractivity contribution in [1.82, 2.24) is 0 Å². The minimum Gasteiger partial charge on any atom is -0.807 e. The summed E-state index contributed by atoms with van der Waals surface area (Å²) in [5.41, 5.74) is 1.18. The van der Waals surface area contributed by atoms with Crippen LogP contribution in [-0.4, -0.2) is 0 Å². The number of benzene rings is 1. The second-order valence-electron chi connectivity index (χ2n) is 6.73. The van der Waals surface area contributed by atoms with Gasteiger partial charge in [0.05, 0.1) is 0 Å². The van der Waals surface area contributed by atoms with E-state index < -0.39 is 7.60 Å². The van der Waals surface area contributed by atoms with Crippen LogP contribution in [0.3, 0.4) is 0 Å². The van der Waals surface area contributed by atoms with Crippen LogP contribution in [0.4, 0.5) is 0 Å². The largest absolute Gasteiger partial charge is 0.807 e. The molecule has 0 aliphatic rings. The average molecular weight is 268 g/mol. The van der Waals surface area contributed by atoms with E-state index in [1.807, 2.05) is 26.8 Å². The summed E-state index contributed by atoms with van der Waals surface area (Å²) < 4.78 is 11.3. The van der Waals surface area contributed by atoms with Crippen molar-refractivity contribution < 1.29 is 14.4 Å². The highest BCUT2D eigenvalue weighted by atomic mass is 31.2. The first-order valence-corrected chi connectivity index (χ1v) is 7.55. The number of hydrogen-bond acceptors (Lipinski definition) is 3. The molecular weight excluding hydrogens is 247 g/mol. The molecule has 0 saturated heterocycles. The topological polar surface area (TPSA) is 63.2 Å². The first kappa shape index (κ1) is 15.4. The highest BCUT2D eigenvalue weighted by molar-refractivity contribution is 7.57. The Morgan fingerprint density at radius 3 is 1.78 bits per heavy atom. The van der Waals surface area contributed by atoms with Crippen molar-refractivity contribution in [2.45, 2.75) is 52.4 Å². The third-order valence-corrected chi connectivity index (χ3v) is 3.95. The summed E-state index contributed by atoms with van der Waals surface area (Å²) in [7, 11) is -4.72. The maximum atomic E-state index is 11.3.